The topological polar surface area (TPSA) is 49.8 Å². The van der Waals surface area contributed by atoms with Gasteiger partial charge in [-0.15, -0.1) is 0 Å². The first-order chi connectivity index (χ1) is 10.9. The van der Waals surface area contributed by atoms with Crippen LogP contribution in [0.3, 0.4) is 0 Å². The Labute approximate surface area is 139 Å². The first-order valence-electron chi connectivity index (χ1n) is 7.01. The molecule has 23 heavy (non-hydrogen) atoms. The number of amides is 1. The van der Waals surface area contributed by atoms with Crippen LogP contribution in [0.2, 0.25) is 5.02 Å². The van der Waals surface area contributed by atoms with E-state index in [2.05, 4.69) is 0 Å². The normalized spacial score (nSPS) is 11.9. The fourth-order valence-corrected chi connectivity index (χ4v) is 2.24. The standard InChI is InChI=1S/C17H17ClFNO3/c1-11(23-14-5-3-4-12(8-14)10-21)17(22)20(2)13-6-7-16(19)15(18)9-13/h3-9,11,21H,10H2,1-2H3. The molecule has 2 rings (SSSR count). The molecule has 2 aromatic rings. The number of benzene rings is 2. The number of likely N-dealkylation sites (N-methyl/N-ethyl adjacent to an activating group) is 1. The van der Waals surface area contributed by atoms with E-state index in [0.717, 1.165) is 0 Å². The predicted octanol–water partition coefficient (Wildman–Crippen LogP) is 3.40. The summed E-state index contributed by atoms with van der Waals surface area (Å²) in [7, 11) is 1.57. The van der Waals surface area contributed by atoms with Crippen molar-refractivity contribution >= 4 is 23.2 Å². The highest BCUT2D eigenvalue weighted by molar-refractivity contribution is 6.31. The van der Waals surface area contributed by atoms with Crippen LogP contribution < -0.4 is 9.64 Å². The average molecular weight is 338 g/mol. The molecule has 1 N–H and O–H groups in total. The molecule has 4 nitrogen and oxygen atoms in total. The second kappa shape index (κ2) is 7.44. The number of halogens is 2. The highest BCUT2D eigenvalue weighted by Gasteiger charge is 2.21. The third-order valence-corrected chi connectivity index (χ3v) is 3.65. The van der Waals surface area contributed by atoms with Crippen LogP contribution in [0.15, 0.2) is 42.5 Å². The molecule has 6 heteroatoms. The van der Waals surface area contributed by atoms with Gasteiger partial charge in [-0.1, -0.05) is 23.7 Å². The molecule has 0 heterocycles. The average Bonchev–Trinajstić information content (AvgIpc) is 2.56. The number of hydrogen-bond acceptors (Lipinski definition) is 3. The molecule has 0 saturated heterocycles. The third-order valence-electron chi connectivity index (χ3n) is 3.36. The zero-order valence-corrected chi connectivity index (χ0v) is 13.5. The molecule has 0 aliphatic heterocycles. The summed E-state index contributed by atoms with van der Waals surface area (Å²) in [5.41, 5.74) is 1.17. The Kier molecular flexibility index (Phi) is 5.58. The Morgan fingerprint density at radius 3 is 2.74 bits per heavy atom. The van der Waals surface area contributed by atoms with E-state index >= 15 is 0 Å². The molecule has 0 spiro atoms. The van der Waals surface area contributed by atoms with Crippen LogP contribution >= 0.6 is 11.6 Å². The van der Waals surface area contributed by atoms with Gasteiger partial charge in [0, 0.05) is 12.7 Å². The first-order valence-corrected chi connectivity index (χ1v) is 7.39. The molecule has 0 bridgehead atoms. The van der Waals surface area contributed by atoms with Gasteiger partial charge in [0.25, 0.3) is 5.91 Å². The Hall–Kier alpha value is -2.11. The zero-order valence-electron chi connectivity index (χ0n) is 12.8. The molecule has 2 aromatic carbocycles. The van der Waals surface area contributed by atoms with Gasteiger partial charge >= 0.3 is 0 Å². The largest absolute Gasteiger partial charge is 0.481 e. The number of ether oxygens (including phenoxy) is 1. The van der Waals surface area contributed by atoms with Gasteiger partial charge in [-0.25, -0.2) is 4.39 Å². The van der Waals surface area contributed by atoms with E-state index in [-0.39, 0.29) is 17.5 Å². The molecule has 122 valence electrons. The third kappa shape index (κ3) is 4.21. The minimum Gasteiger partial charge on any atom is -0.481 e. The number of nitrogens with zero attached hydrogens (tertiary/aromatic N) is 1. The minimum absolute atomic E-state index is 0.0497. The maximum absolute atomic E-state index is 13.2. The van der Waals surface area contributed by atoms with Crippen molar-refractivity contribution in [2.45, 2.75) is 19.6 Å². The van der Waals surface area contributed by atoms with Gasteiger partial charge in [-0.2, -0.15) is 0 Å². The fourth-order valence-electron chi connectivity index (χ4n) is 2.07. The molecule has 0 aromatic heterocycles. The summed E-state index contributed by atoms with van der Waals surface area (Å²) in [6.07, 6.45) is -0.752. The SMILES string of the molecule is CC(Oc1cccc(CO)c1)C(=O)N(C)c1ccc(F)c(Cl)c1. The molecule has 0 saturated carbocycles. The molecular formula is C17H17ClFNO3. The number of carbonyl (C=O) groups excluding carboxylic acids is 1. The number of aliphatic hydroxyl groups excluding tert-OH is 1. The number of aliphatic hydroxyl groups is 1. The maximum Gasteiger partial charge on any atom is 0.267 e. The summed E-state index contributed by atoms with van der Waals surface area (Å²) in [5, 5.41) is 9.07. The van der Waals surface area contributed by atoms with E-state index < -0.39 is 11.9 Å². The summed E-state index contributed by atoms with van der Waals surface area (Å²) in [4.78, 5) is 13.8. The second-order valence-corrected chi connectivity index (χ2v) is 5.47. The zero-order chi connectivity index (χ0) is 17.0. The van der Waals surface area contributed by atoms with Crippen LogP contribution in [0.5, 0.6) is 5.75 Å². The summed E-state index contributed by atoms with van der Waals surface area (Å²) >= 11 is 5.74. The fraction of sp³-hybridized carbons (Fsp3) is 0.235. The lowest BCUT2D eigenvalue weighted by Crippen LogP contribution is -2.38. The van der Waals surface area contributed by atoms with Gasteiger partial charge in [0.15, 0.2) is 6.10 Å². The van der Waals surface area contributed by atoms with Crippen LogP contribution in [0.1, 0.15) is 12.5 Å². The molecule has 0 fully saturated rings. The van der Waals surface area contributed by atoms with Gasteiger partial charge in [0.1, 0.15) is 11.6 Å². The Morgan fingerprint density at radius 2 is 2.09 bits per heavy atom. The van der Waals surface area contributed by atoms with E-state index in [1.165, 1.54) is 23.1 Å². The Morgan fingerprint density at radius 1 is 1.35 bits per heavy atom. The van der Waals surface area contributed by atoms with Crippen LogP contribution in [-0.2, 0) is 11.4 Å². The van der Waals surface area contributed by atoms with Gasteiger partial charge in [0.2, 0.25) is 0 Å². The summed E-state index contributed by atoms with van der Waals surface area (Å²) < 4.78 is 18.8. The van der Waals surface area contributed by atoms with Gasteiger partial charge in [-0.05, 0) is 42.8 Å². The van der Waals surface area contributed by atoms with Crippen molar-refractivity contribution in [3.05, 3.63) is 58.9 Å². The minimum atomic E-state index is -0.752. The lowest BCUT2D eigenvalue weighted by molar-refractivity contribution is -0.124. The van der Waals surface area contributed by atoms with Crippen molar-refractivity contribution in [2.75, 3.05) is 11.9 Å². The lowest BCUT2D eigenvalue weighted by Gasteiger charge is -2.22. The van der Waals surface area contributed by atoms with Crippen molar-refractivity contribution in [3.63, 3.8) is 0 Å². The Balaban J connectivity index is 2.10. The van der Waals surface area contributed by atoms with Gasteiger partial charge in [-0.3, -0.25) is 4.79 Å². The van der Waals surface area contributed by atoms with Crippen LogP contribution in [0.4, 0.5) is 10.1 Å². The summed E-state index contributed by atoms with van der Waals surface area (Å²) in [5.74, 6) is -0.355. The van der Waals surface area contributed by atoms with Crippen LogP contribution in [0.25, 0.3) is 0 Å². The molecule has 1 atom stereocenters. The van der Waals surface area contributed by atoms with E-state index in [1.54, 1.807) is 38.2 Å². The highest BCUT2D eigenvalue weighted by atomic mass is 35.5. The number of anilines is 1. The first kappa shape index (κ1) is 17.2. The second-order valence-electron chi connectivity index (χ2n) is 5.06. The molecule has 1 unspecified atom stereocenters. The van der Waals surface area contributed by atoms with Gasteiger partial charge < -0.3 is 14.7 Å². The van der Waals surface area contributed by atoms with Crippen molar-refractivity contribution < 1.29 is 19.0 Å². The smallest absolute Gasteiger partial charge is 0.267 e. The van der Waals surface area contributed by atoms with Crippen molar-refractivity contribution in [1.82, 2.24) is 0 Å². The number of carbonyl (C=O) groups is 1. The monoisotopic (exact) mass is 337 g/mol. The quantitative estimate of drug-likeness (QED) is 0.909. The highest BCUT2D eigenvalue weighted by Crippen LogP contribution is 2.23. The predicted molar refractivity (Wildman–Crippen MR) is 87.3 cm³/mol. The van der Waals surface area contributed by atoms with E-state index in [4.69, 9.17) is 21.4 Å². The molecule has 0 aliphatic carbocycles. The Bertz CT molecular complexity index is 708. The molecule has 1 amide bonds. The van der Waals surface area contributed by atoms with Crippen molar-refractivity contribution in [2.24, 2.45) is 0 Å². The maximum atomic E-state index is 13.2. The van der Waals surface area contributed by atoms with Gasteiger partial charge in [0.05, 0.1) is 11.6 Å². The van der Waals surface area contributed by atoms with Crippen LogP contribution in [0, 0.1) is 5.82 Å². The summed E-state index contributed by atoms with van der Waals surface area (Å²) in [6.45, 7) is 1.52. The number of hydrogen-bond donors (Lipinski definition) is 1. The van der Waals surface area contributed by atoms with E-state index in [9.17, 15) is 9.18 Å². The molecule has 0 radical (unpaired) electrons. The van der Waals surface area contributed by atoms with E-state index in [0.29, 0.717) is 17.0 Å². The summed E-state index contributed by atoms with van der Waals surface area (Å²) in [6, 6.07) is 10.9. The molecular weight excluding hydrogens is 321 g/mol. The van der Waals surface area contributed by atoms with Crippen LogP contribution in [-0.4, -0.2) is 24.2 Å². The van der Waals surface area contributed by atoms with E-state index in [1.807, 2.05) is 0 Å². The lowest BCUT2D eigenvalue weighted by atomic mass is 10.2. The van der Waals surface area contributed by atoms with Crippen molar-refractivity contribution in [1.29, 1.82) is 0 Å². The van der Waals surface area contributed by atoms with Crippen molar-refractivity contribution in [3.8, 4) is 5.75 Å². The molecule has 0 aliphatic rings. The number of rotatable bonds is 5.